The van der Waals surface area contributed by atoms with Gasteiger partial charge in [0, 0.05) is 44.3 Å². The summed E-state index contributed by atoms with van der Waals surface area (Å²) in [6, 6.07) is 0.0130. The number of hydrogen-bond acceptors (Lipinski definition) is 9. The lowest BCUT2D eigenvalue weighted by atomic mass is 9.82. The summed E-state index contributed by atoms with van der Waals surface area (Å²) in [5, 5.41) is 41.1. The summed E-state index contributed by atoms with van der Waals surface area (Å²) >= 11 is 0. The number of nitrogens with zero attached hydrogens (tertiary/aromatic N) is 2. The Morgan fingerprint density at radius 2 is 1.67 bits per heavy atom. The van der Waals surface area contributed by atoms with Gasteiger partial charge in [-0.05, 0) is 46.0 Å². The molecule has 0 aromatic carbocycles. The fourth-order valence-electron chi connectivity index (χ4n) is 7.10. The molecule has 5 fully saturated rings. The van der Waals surface area contributed by atoms with Crippen LogP contribution in [-0.2, 0) is 19.1 Å². The zero-order valence-electron chi connectivity index (χ0n) is 23.1. The van der Waals surface area contributed by atoms with Crippen LogP contribution >= 0.6 is 0 Å². The Balaban J connectivity index is 1.43. The monoisotopic (exact) mass is 551 g/mol. The van der Waals surface area contributed by atoms with Crippen molar-refractivity contribution in [2.75, 3.05) is 26.2 Å². The van der Waals surface area contributed by atoms with Crippen molar-refractivity contribution in [3.8, 4) is 0 Å². The fraction of sp³-hybridized carbons (Fsp3) is 0.889. The zero-order chi connectivity index (χ0) is 27.9. The van der Waals surface area contributed by atoms with Crippen LogP contribution in [0.3, 0.4) is 0 Å². The predicted molar refractivity (Wildman–Crippen MR) is 140 cm³/mol. The van der Waals surface area contributed by atoms with Crippen molar-refractivity contribution in [2.24, 2.45) is 0 Å². The zero-order valence-corrected chi connectivity index (χ0v) is 23.1. The first-order chi connectivity index (χ1) is 18.6. The van der Waals surface area contributed by atoms with Crippen molar-refractivity contribution in [1.29, 1.82) is 0 Å². The van der Waals surface area contributed by atoms with Crippen LogP contribution in [0.2, 0.25) is 0 Å². The van der Waals surface area contributed by atoms with Gasteiger partial charge >= 0.3 is 0 Å². The fourth-order valence-corrected chi connectivity index (χ4v) is 7.10. The summed E-state index contributed by atoms with van der Waals surface area (Å²) in [6.07, 6.45) is -1.20. The van der Waals surface area contributed by atoms with E-state index >= 15 is 0 Å². The van der Waals surface area contributed by atoms with E-state index in [9.17, 15) is 29.7 Å². The van der Waals surface area contributed by atoms with Gasteiger partial charge in [-0.1, -0.05) is 12.8 Å². The number of piperidine rings is 1. The maximum absolute atomic E-state index is 13.9. The van der Waals surface area contributed by atoms with E-state index in [1.165, 1.54) is 12.8 Å². The minimum atomic E-state index is -1.65. The van der Waals surface area contributed by atoms with Gasteiger partial charge in [-0.2, -0.15) is 0 Å². The van der Waals surface area contributed by atoms with E-state index in [0.29, 0.717) is 51.0 Å². The molecule has 0 aromatic rings. The second-order valence-electron chi connectivity index (χ2n) is 12.5. The highest BCUT2D eigenvalue weighted by molar-refractivity contribution is 5.90. The van der Waals surface area contributed by atoms with Gasteiger partial charge in [-0.15, -0.1) is 0 Å². The summed E-state index contributed by atoms with van der Waals surface area (Å²) in [5.74, 6) is -1.17. The Hall–Kier alpha value is -1.83. The number of carbonyl (C=O) groups is 3. The summed E-state index contributed by atoms with van der Waals surface area (Å²) in [4.78, 5) is 44.8. The van der Waals surface area contributed by atoms with Gasteiger partial charge in [0.05, 0.1) is 12.0 Å². The molecule has 1 saturated carbocycles. The first-order valence-corrected chi connectivity index (χ1v) is 14.7. The second-order valence-corrected chi connectivity index (χ2v) is 12.5. The first kappa shape index (κ1) is 28.7. The van der Waals surface area contributed by atoms with Gasteiger partial charge in [0.2, 0.25) is 11.8 Å². The van der Waals surface area contributed by atoms with Crippen molar-refractivity contribution in [1.82, 2.24) is 25.8 Å². The van der Waals surface area contributed by atoms with Gasteiger partial charge in [0.25, 0.3) is 5.91 Å². The molecule has 4 saturated heterocycles. The van der Waals surface area contributed by atoms with Gasteiger partial charge in [-0.25, -0.2) is 0 Å². The molecule has 1 aliphatic carbocycles. The molecule has 6 N–H and O–H groups in total. The van der Waals surface area contributed by atoms with Crippen LogP contribution in [-0.4, -0.2) is 129 Å². The smallest absolute Gasteiger partial charge is 0.252 e. The van der Waals surface area contributed by atoms with Crippen molar-refractivity contribution < 1.29 is 34.4 Å². The molecule has 4 aliphatic heterocycles. The van der Waals surface area contributed by atoms with Crippen LogP contribution in [0.4, 0.5) is 0 Å². The lowest BCUT2D eigenvalue weighted by Gasteiger charge is -2.45. The van der Waals surface area contributed by atoms with Crippen LogP contribution in [0.15, 0.2) is 0 Å². The molecule has 0 aromatic heterocycles. The van der Waals surface area contributed by atoms with Crippen LogP contribution in [0.1, 0.15) is 65.2 Å². The van der Waals surface area contributed by atoms with Gasteiger partial charge in [0.1, 0.15) is 30.5 Å². The topological polar surface area (TPSA) is 164 Å². The van der Waals surface area contributed by atoms with Crippen LogP contribution in [0.5, 0.6) is 0 Å². The molecule has 5 aliphatic rings. The molecular formula is C27H45N5O7. The molecule has 4 heterocycles. The van der Waals surface area contributed by atoms with Crippen molar-refractivity contribution >= 4 is 17.7 Å². The maximum Gasteiger partial charge on any atom is 0.252 e. The lowest BCUT2D eigenvalue weighted by Crippen LogP contribution is -2.66. The number of ether oxygens (including phenoxy) is 1. The molecule has 1 spiro atoms. The largest absolute Gasteiger partial charge is 0.388 e. The minimum Gasteiger partial charge on any atom is -0.388 e. The van der Waals surface area contributed by atoms with E-state index < -0.39 is 48.0 Å². The highest BCUT2D eigenvalue weighted by Gasteiger charge is 2.50. The van der Waals surface area contributed by atoms with Crippen molar-refractivity contribution in [3.63, 3.8) is 0 Å². The van der Waals surface area contributed by atoms with E-state index in [0.717, 1.165) is 12.8 Å². The molecule has 0 radical (unpaired) electrons. The van der Waals surface area contributed by atoms with E-state index in [1.54, 1.807) is 4.90 Å². The van der Waals surface area contributed by atoms with E-state index in [4.69, 9.17) is 4.74 Å². The Morgan fingerprint density at radius 3 is 2.33 bits per heavy atom. The van der Waals surface area contributed by atoms with Crippen molar-refractivity contribution in [2.45, 2.75) is 125 Å². The second kappa shape index (κ2) is 11.6. The summed E-state index contributed by atoms with van der Waals surface area (Å²) in [6.45, 7) is 5.82. The molecule has 220 valence electrons. The average molecular weight is 552 g/mol. The number of aliphatic hydroxyl groups is 3. The molecule has 12 nitrogen and oxygen atoms in total. The Bertz CT molecular complexity index is 920. The van der Waals surface area contributed by atoms with Crippen molar-refractivity contribution in [3.05, 3.63) is 0 Å². The maximum atomic E-state index is 13.9. The third kappa shape index (κ3) is 5.96. The highest BCUT2D eigenvalue weighted by atomic mass is 16.5. The number of nitrogens with one attached hydrogen (secondary N) is 3. The third-order valence-corrected chi connectivity index (χ3v) is 9.56. The SMILES string of the molecule is CC(C)N1CCC2(CC1)CC(=O)N1C[C@@H](NC3CCCC3)C[C@H]1C(=O)NC[C@@H]1O[C@H](C(=O)N2)[C@H](O)[C@H](O)[C@H]1O. The van der Waals surface area contributed by atoms with Gasteiger partial charge < -0.3 is 45.8 Å². The lowest BCUT2D eigenvalue weighted by molar-refractivity contribution is -0.220. The van der Waals surface area contributed by atoms with Crippen LogP contribution < -0.4 is 16.0 Å². The molecule has 39 heavy (non-hydrogen) atoms. The van der Waals surface area contributed by atoms with E-state index in [2.05, 4.69) is 34.7 Å². The Labute approximate surface area is 229 Å². The summed E-state index contributed by atoms with van der Waals surface area (Å²) in [5.41, 5.74) is -0.884. The number of carbonyl (C=O) groups excluding carboxylic acids is 3. The number of rotatable bonds is 3. The third-order valence-electron chi connectivity index (χ3n) is 9.56. The van der Waals surface area contributed by atoms with Gasteiger partial charge in [0.15, 0.2) is 6.10 Å². The molecule has 12 heteroatoms. The molecule has 0 unspecified atom stereocenters. The van der Waals surface area contributed by atoms with E-state index in [1.807, 2.05) is 0 Å². The average Bonchev–Trinajstić information content (AvgIpc) is 3.57. The molecule has 3 amide bonds. The van der Waals surface area contributed by atoms with E-state index in [-0.39, 0.29) is 30.8 Å². The Kier molecular flexibility index (Phi) is 8.52. The normalized spacial score (nSPS) is 38.7. The molecule has 2 bridgehead atoms. The van der Waals surface area contributed by atoms with Crippen LogP contribution in [0.25, 0.3) is 0 Å². The molecule has 7 atom stereocenters. The number of hydrogen-bond donors (Lipinski definition) is 6. The summed E-state index contributed by atoms with van der Waals surface area (Å²) in [7, 11) is 0. The Morgan fingerprint density at radius 1 is 0.974 bits per heavy atom. The predicted octanol–water partition coefficient (Wildman–Crippen LogP) is -1.78. The molecular weight excluding hydrogens is 506 g/mol. The highest BCUT2D eigenvalue weighted by Crippen LogP contribution is 2.32. The minimum absolute atomic E-state index is 0.00749. The number of aliphatic hydroxyl groups excluding tert-OH is 3. The number of amides is 3. The van der Waals surface area contributed by atoms with Gasteiger partial charge in [-0.3, -0.25) is 14.4 Å². The summed E-state index contributed by atoms with van der Waals surface area (Å²) < 4.78 is 5.79. The standard InChI is InChI=1S/C27H45N5O7/c1-15(2)31-9-7-27(8-10-31)12-20(33)32-14-17(29-16-5-3-4-6-16)11-18(32)25(37)28-13-19-21(34)22(35)23(36)24(39-19)26(38)30-27/h15-19,21-24,29,34-36H,3-14H2,1-2H3,(H,28,37)(H,30,38)/t17-,18-,19-,21-,22+,23+,24-/m0/s1. The number of fused-ring (bicyclic) bond motifs is 3. The quantitative estimate of drug-likeness (QED) is 0.238. The first-order valence-electron chi connectivity index (χ1n) is 14.7. The molecule has 5 rings (SSSR count). The van der Waals surface area contributed by atoms with Crippen LogP contribution in [0, 0.1) is 0 Å². The number of likely N-dealkylation sites (tertiary alicyclic amines) is 1.